The second kappa shape index (κ2) is 7.39. The van der Waals surface area contributed by atoms with Crippen molar-refractivity contribution >= 4 is 17.7 Å². The zero-order valence-corrected chi connectivity index (χ0v) is 15.6. The van der Waals surface area contributed by atoms with Crippen molar-refractivity contribution in [3.63, 3.8) is 0 Å². The van der Waals surface area contributed by atoms with Gasteiger partial charge in [-0.1, -0.05) is 54.6 Å². The number of amides is 1. The molecule has 0 atom stereocenters. The molecule has 29 heavy (non-hydrogen) atoms. The smallest absolute Gasteiger partial charge is 0.411 e. The summed E-state index contributed by atoms with van der Waals surface area (Å²) in [6.07, 6.45) is -0.836. The van der Waals surface area contributed by atoms with E-state index in [0.717, 1.165) is 22.3 Å². The number of carboxylic acid groups (broad SMARTS) is 1. The largest absolute Gasteiger partial charge is 0.478 e. The van der Waals surface area contributed by atoms with Gasteiger partial charge in [0.2, 0.25) is 0 Å². The van der Waals surface area contributed by atoms with Crippen LogP contribution < -0.4 is 5.32 Å². The number of nitrogens with one attached hydrogen (secondary N) is 1. The number of carbonyl (C=O) groups excluding carboxylic acids is 1. The average molecular weight is 391 g/mol. The van der Waals surface area contributed by atoms with Crippen LogP contribution in [0.15, 0.2) is 60.7 Å². The second-order valence-corrected chi connectivity index (χ2v) is 6.87. The molecular formula is C23H18FNO4. The minimum atomic E-state index is -1.46. The van der Waals surface area contributed by atoms with Gasteiger partial charge in [0.05, 0.1) is 5.69 Å². The van der Waals surface area contributed by atoms with Crippen LogP contribution in [0, 0.1) is 12.7 Å². The molecule has 4 rings (SSSR count). The van der Waals surface area contributed by atoms with Crippen LogP contribution >= 0.6 is 0 Å². The minimum absolute atomic E-state index is 0.0800. The quantitative estimate of drug-likeness (QED) is 0.641. The maximum Gasteiger partial charge on any atom is 0.411 e. The molecular weight excluding hydrogens is 373 g/mol. The molecule has 1 aliphatic carbocycles. The average Bonchev–Trinajstić information content (AvgIpc) is 3.03. The van der Waals surface area contributed by atoms with Crippen molar-refractivity contribution in [3.8, 4) is 11.1 Å². The van der Waals surface area contributed by atoms with E-state index in [9.17, 15) is 19.1 Å². The Kier molecular flexibility index (Phi) is 4.76. The van der Waals surface area contributed by atoms with E-state index in [0.29, 0.717) is 0 Å². The molecule has 3 aromatic carbocycles. The first-order chi connectivity index (χ1) is 14.0. The Morgan fingerprint density at radius 3 is 2.17 bits per heavy atom. The number of hydrogen-bond acceptors (Lipinski definition) is 3. The van der Waals surface area contributed by atoms with Gasteiger partial charge in [0.25, 0.3) is 0 Å². The van der Waals surface area contributed by atoms with Gasteiger partial charge in [0.15, 0.2) is 0 Å². The molecule has 0 bridgehead atoms. The maximum atomic E-state index is 14.2. The highest BCUT2D eigenvalue weighted by Crippen LogP contribution is 2.44. The topological polar surface area (TPSA) is 75.6 Å². The molecule has 146 valence electrons. The van der Waals surface area contributed by atoms with E-state index in [1.807, 2.05) is 48.5 Å². The minimum Gasteiger partial charge on any atom is -0.478 e. The van der Waals surface area contributed by atoms with Gasteiger partial charge in [-0.3, -0.25) is 5.32 Å². The maximum absolute atomic E-state index is 14.2. The highest BCUT2D eigenvalue weighted by atomic mass is 19.1. The van der Waals surface area contributed by atoms with Crippen molar-refractivity contribution in [2.75, 3.05) is 11.9 Å². The Labute approximate surface area is 166 Å². The lowest BCUT2D eigenvalue weighted by atomic mass is 9.98. The molecule has 0 aromatic heterocycles. The van der Waals surface area contributed by atoms with Gasteiger partial charge in [-0.05, 0) is 40.8 Å². The van der Waals surface area contributed by atoms with Crippen LogP contribution in [0.1, 0.15) is 33.0 Å². The third kappa shape index (κ3) is 3.33. The molecule has 0 saturated heterocycles. The summed E-state index contributed by atoms with van der Waals surface area (Å²) in [5.41, 5.74) is 3.79. The molecule has 0 fully saturated rings. The van der Waals surface area contributed by atoms with Crippen molar-refractivity contribution in [2.24, 2.45) is 0 Å². The van der Waals surface area contributed by atoms with Crippen molar-refractivity contribution < 1.29 is 23.8 Å². The normalized spacial score (nSPS) is 12.2. The Hall–Kier alpha value is -3.67. The molecule has 1 aliphatic rings. The lowest BCUT2D eigenvalue weighted by molar-refractivity contribution is 0.0693. The zero-order valence-electron chi connectivity index (χ0n) is 15.6. The molecule has 0 spiro atoms. The molecule has 0 saturated carbocycles. The molecule has 6 heteroatoms. The van der Waals surface area contributed by atoms with Crippen LogP contribution in [0.4, 0.5) is 14.9 Å². The van der Waals surface area contributed by atoms with Gasteiger partial charge in [0.1, 0.15) is 18.0 Å². The zero-order chi connectivity index (χ0) is 20.5. The lowest BCUT2D eigenvalue weighted by Gasteiger charge is -2.15. The summed E-state index contributed by atoms with van der Waals surface area (Å²) in [6, 6.07) is 18.6. The summed E-state index contributed by atoms with van der Waals surface area (Å²) in [6.45, 7) is 1.54. The van der Waals surface area contributed by atoms with Gasteiger partial charge in [0, 0.05) is 5.92 Å². The van der Waals surface area contributed by atoms with Crippen molar-refractivity contribution in [1.82, 2.24) is 0 Å². The van der Waals surface area contributed by atoms with Crippen LogP contribution in [-0.4, -0.2) is 23.8 Å². The fourth-order valence-corrected chi connectivity index (χ4v) is 3.74. The Morgan fingerprint density at radius 1 is 1.00 bits per heavy atom. The number of aromatic carboxylic acids is 1. The van der Waals surface area contributed by atoms with Gasteiger partial charge in [-0.25, -0.2) is 14.0 Å². The Bertz CT molecular complexity index is 1080. The highest BCUT2D eigenvalue weighted by Gasteiger charge is 2.29. The fraction of sp³-hybridized carbons (Fsp3) is 0.130. The number of rotatable bonds is 4. The fourth-order valence-electron chi connectivity index (χ4n) is 3.74. The van der Waals surface area contributed by atoms with Crippen LogP contribution in [0.2, 0.25) is 0 Å². The number of benzene rings is 3. The third-order valence-corrected chi connectivity index (χ3v) is 5.13. The van der Waals surface area contributed by atoms with E-state index < -0.39 is 23.4 Å². The first-order valence-corrected chi connectivity index (χ1v) is 9.11. The SMILES string of the molecule is Cc1ccc(NC(=O)OCC2c3ccccc3-c3ccccc32)c(C(=O)O)c1F. The molecule has 2 N–H and O–H groups in total. The van der Waals surface area contributed by atoms with E-state index in [2.05, 4.69) is 5.32 Å². The summed E-state index contributed by atoms with van der Waals surface area (Å²) in [7, 11) is 0. The van der Waals surface area contributed by atoms with Crippen molar-refractivity contribution in [3.05, 3.63) is 88.7 Å². The van der Waals surface area contributed by atoms with Gasteiger partial charge in [-0.15, -0.1) is 0 Å². The van der Waals surface area contributed by atoms with Gasteiger partial charge < -0.3 is 9.84 Å². The molecule has 5 nitrogen and oxygen atoms in total. The summed E-state index contributed by atoms with van der Waals surface area (Å²) in [5.74, 6) is -2.46. The van der Waals surface area contributed by atoms with Crippen LogP contribution in [0.5, 0.6) is 0 Å². The van der Waals surface area contributed by atoms with Crippen LogP contribution in [-0.2, 0) is 4.74 Å². The number of aryl methyl sites for hydroxylation is 1. The number of halogens is 1. The number of hydrogen-bond donors (Lipinski definition) is 2. The predicted octanol–water partition coefficient (Wildman–Crippen LogP) is 5.19. The second-order valence-electron chi connectivity index (χ2n) is 6.87. The predicted molar refractivity (Wildman–Crippen MR) is 107 cm³/mol. The summed E-state index contributed by atoms with van der Waals surface area (Å²) < 4.78 is 19.5. The molecule has 0 heterocycles. The number of ether oxygens (including phenoxy) is 1. The first-order valence-electron chi connectivity index (χ1n) is 9.11. The van der Waals surface area contributed by atoms with E-state index in [-0.39, 0.29) is 23.8 Å². The van der Waals surface area contributed by atoms with E-state index in [4.69, 9.17) is 4.74 Å². The summed E-state index contributed by atoms with van der Waals surface area (Å²) in [4.78, 5) is 23.7. The molecule has 3 aromatic rings. The summed E-state index contributed by atoms with van der Waals surface area (Å²) >= 11 is 0. The van der Waals surface area contributed by atoms with E-state index >= 15 is 0 Å². The molecule has 0 aliphatic heterocycles. The standard InChI is InChI=1S/C23H18FNO4/c1-13-10-11-19(20(21(13)24)22(26)27)25-23(28)29-12-18-16-8-4-2-6-14(16)15-7-3-5-9-17(15)18/h2-11,18H,12H2,1H3,(H,25,28)(H,26,27). The number of carbonyl (C=O) groups is 2. The van der Waals surface area contributed by atoms with Crippen LogP contribution in [0.3, 0.4) is 0 Å². The van der Waals surface area contributed by atoms with Gasteiger partial charge >= 0.3 is 12.1 Å². The van der Waals surface area contributed by atoms with Crippen molar-refractivity contribution in [1.29, 1.82) is 0 Å². The third-order valence-electron chi connectivity index (χ3n) is 5.13. The van der Waals surface area contributed by atoms with Crippen molar-refractivity contribution in [2.45, 2.75) is 12.8 Å². The number of carboxylic acids is 1. The highest BCUT2D eigenvalue weighted by molar-refractivity contribution is 5.99. The Morgan fingerprint density at radius 2 is 1.59 bits per heavy atom. The lowest BCUT2D eigenvalue weighted by Crippen LogP contribution is -2.20. The molecule has 0 radical (unpaired) electrons. The number of fused-ring (bicyclic) bond motifs is 3. The Balaban J connectivity index is 1.53. The van der Waals surface area contributed by atoms with Crippen LogP contribution in [0.25, 0.3) is 11.1 Å². The van der Waals surface area contributed by atoms with Gasteiger partial charge in [-0.2, -0.15) is 0 Å². The van der Waals surface area contributed by atoms with E-state index in [1.165, 1.54) is 19.1 Å². The number of anilines is 1. The first kappa shape index (κ1) is 18.7. The van der Waals surface area contributed by atoms with E-state index in [1.54, 1.807) is 0 Å². The molecule has 1 amide bonds. The summed E-state index contributed by atoms with van der Waals surface area (Å²) in [5, 5.41) is 11.6. The molecule has 0 unspecified atom stereocenters. The monoisotopic (exact) mass is 391 g/mol.